The van der Waals surface area contributed by atoms with Crippen LogP contribution < -0.4 is 4.74 Å². The second-order valence-electron chi connectivity index (χ2n) is 6.62. The summed E-state index contributed by atoms with van der Waals surface area (Å²) in [4.78, 5) is 0. The van der Waals surface area contributed by atoms with Crippen LogP contribution in [0.15, 0.2) is 18.2 Å². The Bertz CT molecular complexity index is 356. The number of halogens is 1. The molecule has 0 atom stereocenters. The average molecular weight is 285 g/mol. The van der Waals surface area contributed by atoms with E-state index in [0.29, 0.717) is 0 Å². The van der Waals surface area contributed by atoms with E-state index in [1.165, 1.54) is 11.1 Å². The number of hydrogen-bond donors (Lipinski definition) is 0. The van der Waals surface area contributed by atoms with Crippen molar-refractivity contribution in [1.29, 1.82) is 0 Å². The lowest BCUT2D eigenvalue weighted by Gasteiger charge is -2.29. The van der Waals surface area contributed by atoms with Crippen LogP contribution in [-0.4, -0.2) is 21.8 Å². The highest BCUT2D eigenvalue weighted by Gasteiger charge is 2.25. The van der Waals surface area contributed by atoms with Gasteiger partial charge in [-0.3, -0.25) is 0 Å². The van der Waals surface area contributed by atoms with Crippen molar-refractivity contribution in [2.75, 3.05) is 5.47 Å². The van der Waals surface area contributed by atoms with Gasteiger partial charge in [0.15, 0.2) is 0 Å². The lowest BCUT2D eigenvalue weighted by atomic mass is 9.79. The van der Waals surface area contributed by atoms with E-state index in [0.717, 1.165) is 27.5 Å². The van der Waals surface area contributed by atoms with Gasteiger partial charge in [-0.25, -0.2) is 0 Å². The van der Waals surface area contributed by atoms with Crippen LogP contribution in [0.2, 0.25) is 0 Å². The zero-order chi connectivity index (χ0) is 13.3. The van der Waals surface area contributed by atoms with Gasteiger partial charge < -0.3 is 4.74 Å². The first-order valence-corrected chi connectivity index (χ1v) is 7.86. The Balaban J connectivity index is 0.00000289. The van der Waals surface area contributed by atoms with Crippen LogP contribution >= 0.6 is 12.4 Å². The van der Waals surface area contributed by atoms with E-state index in [9.17, 15) is 0 Å². The molecule has 0 fully saturated rings. The van der Waals surface area contributed by atoms with E-state index < -0.39 is 0 Å². The highest BCUT2D eigenvalue weighted by atomic mass is 35.5. The maximum Gasteiger partial charge on any atom is 0.273 e. The summed E-state index contributed by atoms with van der Waals surface area (Å²) >= 11 is 1.07. The first kappa shape index (κ1) is 17.8. The highest BCUT2D eigenvalue weighted by Crippen LogP contribution is 2.39. The number of rotatable bonds is 2. The molecule has 1 aromatic rings. The van der Waals surface area contributed by atoms with Crippen molar-refractivity contribution in [2.24, 2.45) is 0 Å². The zero-order valence-corrected chi connectivity index (χ0v) is 15.6. The Morgan fingerprint density at radius 2 is 1.33 bits per heavy atom. The molecule has 0 saturated heterocycles. The molecule has 0 N–H and O–H groups in total. The molecular formula is C15H26AlClO. The van der Waals surface area contributed by atoms with Crippen LogP contribution in [0.5, 0.6) is 5.75 Å². The summed E-state index contributed by atoms with van der Waals surface area (Å²) in [5, 5.41) is 0. The molecule has 0 aromatic heterocycles. The number of hydrogen-bond acceptors (Lipinski definition) is 1. The summed E-state index contributed by atoms with van der Waals surface area (Å²) in [6.07, 6.45) is 0. The minimum absolute atomic E-state index is 0. The van der Waals surface area contributed by atoms with Gasteiger partial charge in [-0.1, -0.05) is 59.7 Å². The van der Waals surface area contributed by atoms with Crippen molar-refractivity contribution in [3.05, 3.63) is 29.3 Å². The summed E-state index contributed by atoms with van der Waals surface area (Å²) < 4.78 is 5.98. The number of para-hydroxylation sites is 1. The van der Waals surface area contributed by atoms with E-state index in [-0.39, 0.29) is 23.2 Å². The summed E-state index contributed by atoms with van der Waals surface area (Å²) in [7, 11) is 0. The van der Waals surface area contributed by atoms with Crippen molar-refractivity contribution in [3.8, 4) is 5.75 Å². The molecular weight excluding hydrogens is 259 g/mol. The zero-order valence-electron chi connectivity index (χ0n) is 12.8. The standard InChI is InChI=1S/C15H23O.Al.ClH.2H/c1-14(2,3)11-9-8-10-12(13(11)16-7)15(4,5)6;;;;/h8-10H,7H2,1-6H3;;1H;;. The van der Waals surface area contributed by atoms with Crippen LogP contribution in [0.3, 0.4) is 0 Å². The largest absolute Gasteiger partial charge is 0.509 e. The summed E-state index contributed by atoms with van der Waals surface area (Å²) in [5.74, 6) is 1.11. The van der Waals surface area contributed by atoms with Crippen molar-refractivity contribution in [3.63, 3.8) is 0 Å². The van der Waals surface area contributed by atoms with Crippen LogP contribution in [0, 0.1) is 0 Å². The molecule has 3 heteroatoms. The number of benzene rings is 1. The Morgan fingerprint density at radius 1 is 0.944 bits per heavy atom. The first-order chi connectivity index (χ1) is 7.68. The minimum atomic E-state index is 0. The van der Waals surface area contributed by atoms with Crippen LogP contribution in [0.4, 0.5) is 0 Å². The normalized spacial score (nSPS) is 11.9. The van der Waals surface area contributed by atoms with E-state index >= 15 is 0 Å². The minimum Gasteiger partial charge on any atom is -0.509 e. The van der Waals surface area contributed by atoms with Gasteiger partial charge in [-0.15, -0.1) is 12.4 Å². The quantitative estimate of drug-likeness (QED) is 0.753. The Morgan fingerprint density at radius 3 is 1.61 bits per heavy atom. The maximum atomic E-state index is 5.98. The molecule has 0 saturated carbocycles. The highest BCUT2D eigenvalue weighted by molar-refractivity contribution is 6.08. The van der Waals surface area contributed by atoms with Crippen LogP contribution in [0.25, 0.3) is 0 Å². The second kappa shape index (κ2) is 6.33. The SMILES string of the molecule is CC(C)(C)c1cccc(C(C)(C)C)c1O[CH2][AlH2].Cl. The van der Waals surface area contributed by atoms with Gasteiger partial charge in [-0.05, 0) is 22.0 Å². The molecule has 0 amide bonds. The van der Waals surface area contributed by atoms with E-state index in [1.807, 2.05) is 0 Å². The molecule has 1 nitrogen and oxygen atoms in total. The van der Waals surface area contributed by atoms with E-state index in [1.54, 1.807) is 0 Å². The smallest absolute Gasteiger partial charge is 0.273 e. The van der Waals surface area contributed by atoms with Gasteiger partial charge in [0.05, 0.1) is 0 Å². The Labute approximate surface area is 126 Å². The fourth-order valence-corrected chi connectivity index (χ4v) is 2.31. The van der Waals surface area contributed by atoms with Gasteiger partial charge in [0, 0.05) is 5.47 Å². The summed E-state index contributed by atoms with van der Waals surface area (Å²) in [6.45, 7) is 13.5. The summed E-state index contributed by atoms with van der Waals surface area (Å²) in [5.41, 5.74) is 3.76. The lowest BCUT2D eigenvalue weighted by Crippen LogP contribution is -2.19. The monoisotopic (exact) mass is 284 g/mol. The van der Waals surface area contributed by atoms with Crippen LogP contribution in [-0.2, 0) is 10.8 Å². The molecule has 0 aliphatic carbocycles. The second-order valence-corrected chi connectivity index (χ2v) is 7.19. The number of ether oxygens (including phenoxy) is 1. The molecule has 0 spiro atoms. The third-order valence-electron chi connectivity index (χ3n) is 2.92. The molecule has 0 unspecified atom stereocenters. The average Bonchev–Trinajstić information content (AvgIpc) is 2.15. The van der Waals surface area contributed by atoms with E-state index in [2.05, 4.69) is 59.7 Å². The lowest BCUT2D eigenvalue weighted by molar-refractivity contribution is 0.359. The predicted octanol–water partition coefficient (Wildman–Crippen LogP) is 3.67. The fourth-order valence-electron chi connectivity index (χ4n) is 2.02. The third kappa shape index (κ3) is 4.20. The van der Waals surface area contributed by atoms with Gasteiger partial charge >= 0.3 is 0 Å². The third-order valence-corrected chi connectivity index (χ3v) is 3.21. The van der Waals surface area contributed by atoms with Crippen molar-refractivity contribution in [2.45, 2.75) is 52.4 Å². The maximum absolute atomic E-state index is 5.98. The molecule has 0 aliphatic rings. The first-order valence-electron chi connectivity index (χ1n) is 6.44. The van der Waals surface area contributed by atoms with Gasteiger partial charge in [0.25, 0.3) is 16.3 Å². The molecule has 0 radical (unpaired) electrons. The molecule has 0 heterocycles. The van der Waals surface area contributed by atoms with Gasteiger partial charge in [0.2, 0.25) is 0 Å². The van der Waals surface area contributed by atoms with E-state index in [4.69, 9.17) is 4.74 Å². The molecule has 0 bridgehead atoms. The fraction of sp³-hybridized carbons (Fsp3) is 0.600. The van der Waals surface area contributed by atoms with Crippen molar-refractivity contribution < 1.29 is 4.74 Å². The molecule has 1 aromatic carbocycles. The van der Waals surface area contributed by atoms with Gasteiger partial charge in [0.1, 0.15) is 5.75 Å². The molecule has 1 rings (SSSR count). The summed E-state index contributed by atoms with van der Waals surface area (Å²) in [6, 6.07) is 6.55. The molecule has 0 aliphatic heterocycles. The molecule has 102 valence electrons. The van der Waals surface area contributed by atoms with Crippen LogP contribution in [0.1, 0.15) is 52.7 Å². The van der Waals surface area contributed by atoms with Gasteiger partial charge in [-0.2, -0.15) is 0 Å². The predicted molar refractivity (Wildman–Crippen MR) is 85.1 cm³/mol. The Kier molecular flexibility index (Phi) is 6.27. The Hall–Kier alpha value is -0.158. The van der Waals surface area contributed by atoms with Crippen molar-refractivity contribution >= 4 is 28.7 Å². The topological polar surface area (TPSA) is 9.23 Å². The molecule has 18 heavy (non-hydrogen) atoms. The van der Waals surface area contributed by atoms with Crippen molar-refractivity contribution in [1.82, 2.24) is 0 Å².